The van der Waals surface area contributed by atoms with E-state index < -0.39 is 0 Å². The first-order valence-electron chi connectivity index (χ1n) is 6.89. The van der Waals surface area contributed by atoms with Crippen molar-refractivity contribution in [3.05, 3.63) is 0 Å². The molecular weight excluding hydrogens is 212 g/mol. The summed E-state index contributed by atoms with van der Waals surface area (Å²) in [6, 6.07) is 0. The third kappa shape index (κ3) is 11.7. The van der Waals surface area contributed by atoms with Gasteiger partial charge < -0.3 is 10.6 Å². The van der Waals surface area contributed by atoms with Crippen LogP contribution in [0.25, 0.3) is 0 Å². The van der Waals surface area contributed by atoms with Gasteiger partial charge in [-0.05, 0) is 30.7 Å². The summed E-state index contributed by atoms with van der Waals surface area (Å²) in [5, 5.41) is 6.27. The Bertz CT molecular complexity index is 202. The predicted octanol–water partition coefficient (Wildman–Crippen LogP) is 2.42. The molecule has 0 aliphatic heterocycles. The maximum atomic E-state index is 11.4. The molecule has 3 nitrogen and oxygen atoms in total. The van der Waals surface area contributed by atoms with Gasteiger partial charge in [-0.1, -0.05) is 34.6 Å². The molecule has 0 bridgehead atoms. The minimum Gasteiger partial charge on any atom is -0.356 e. The lowest BCUT2D eigenvalue weighted by Gasteiger charge is -2.14. The second-order valence-corrected chi connectivity index (χ2v) is 5.89. The molecule has 0 saturated heterocycles. The number of hydrogen-bond acceptors (Lipinski definition) is 2. The highest BCUT2D eigenvalue weighted by molar-refractivity contribution is 5.76. The molecule has 3 heteroatoms. The largest absolute Gasteiger partial charge is 0.356 e. The molecule has 0 aromatic carbocycles. The fourth-order valence-corrected chi connectivity index (χ4v) is 1.84. The minimum atomic E-state index is 0.155. The third-order valence-electron chi connectivity index (χ3n) is 2.60. The van der Waals surface area contributed by atoms with Crippen molar-refractivity contribution in [3.63, 3.8) is 0 Å². The summed E-state index contributed by atoms with van der Waals surface area (Å²) in [6.45, 7) is 13.5. The Kier molecular flexibility index (Phi) is 9.14. The van der Waals surface area contributed by atoms with Gasteiger partial charge in [-0.3, -0.25) is 4.79 Å². The van der Waals surface area contributed by atoms with Gasteiger partial charge in [0.05, 0.1) is 0 Å². The van der Waals surface area contributed by atoms with E-state index in [1.165, 1.54) is 6.42 Å². The monoisotopic (exact) mass is 242 g/mol. The predicted molar refractivity (Wildman–Crippen MR) is 74.0 cm³/mol. The van der Waals surface area contributed by atoms with Crippen molar-refractivity contribution in [3.8, 4) is 0 Å². The van der Waals surface area contributed by atoms with E-state index in [9.17, 15) is 4.79 Å². The summed E-state index contributed by atoms with van der Waals surface area (Å²) in [5.41, 5.74) is 0. The molecule has 0 aromatic rings. The fraction of sp³-hybridized carbons (Fsp3) is 0.929. The molecule has 0 heterocycles. The maximum Gasteiger partial charge on any atom is 0.221 e. The van der Waals surface area contributed by atoms with Crippen molar-refractivity contribution in [1.82, 2.24) is 10.6 Å². The highest BCUT2D eigenvalue weighted by Gasteiger charge is 2.05. The Balaban J connectivity index is 3.41. The van der Waals surface area contributed by atoms with E-state index >= 15 is 0 Å². The number of amides is 1. The van der Waals surface area contributed by atoms with E-state index in [4.69, 9.17) is 0 Å². The zero-order valence-electron chi connectivity index (χ0n) is 12.2. The van der Waals surface area contributed by atoms with Crippen LogP contribution in [0.3, 0.4) is 0 Å². The van der Waals surface area contributed by atoms with Crippen molar-refractivity contribution in [1.29, 1.82) is 0 Å². The van der Waals surface area contributed by atoms with E-state index in [-0.39, 0.29) is 5.91 Å². The Morgan fingerprint density at radius 3 is 2.18 bits per heavy atom. The van der Waals surface area contributed by atoms with Crippen LogP contribution in [-0.2, 0) is 4.79 Å². The number of carbonyl (C=O) groups excluding carboxylic acids is 1. The van der Waals surface area contributed by atoms with Crippen LogP contribution >= 0.6 is 0 Å². The van der Waals surface area contributed by atoms with Gasteiger partial charge in [0.25, 0.3) is 0 Å². The number of rotatable bonds is 9. The summed E-state index contributed by atoms with van der Waals surface area (Å²) >= 11 is 0. The van der Waals surface area contributed by atoms with E-state index in [1.54, 1.807) is 0 Å². The van der Waals surface area contributed by atoms with Gasteiger partial charge in [0.15, 0.2) is 0 Å². The van der Waals surface area contributed by atoms with E-state index in [0.717, 1.165) is 25.6 Å². The first-order valence-corrected chi connectivity index (χ1v) is 6.89. The molecular formula is C14H30N2O. The van der Waals surface area contributed by atoms with E-state index in [2.05, 4.69) is 45.3 Å². The smallest absolute Gasteiger partial charge is 0.221 e. The van der Waals surface area contributed by atoms with Gasteiger partial charge in [0.1, 0.15) is 0 Å². The van der Waals surface area contributed by atoms with Crippen LogP contribution in [0.5, 0.6) is 0 Å². The molecule has 0 rings (SSSR count). The first-order chi connectivity index (χ1) is 7.91. The first kappa shape index (κ1) is 16.4. The lowest BCUT2D eigenvalue weighted by molar-refractivity contribution is -0.121. The average Bonchev–Trinajstić information content (AvgIpc) is 2.20. The zero-order chi connectivity index (χ0) is 13.3. The molecule has 0 aliphatic carbocycles. The Labute approximate surface area is 107 Å². The SMILES string of the molecule is CC(C)CNC(=O)CCNCC(C)CC(C)C. The van der Waals surface area contributed by atoms with Crippen molar-refractivity contribution in [2.24, 2.45) is 17.8 Å². The van der Waals surface area contributed by atoms with Gasteiger partial charge in [-0.2, -0.15) is 0 Å². The summed E-state index contributed by atoms with van der Waals surface area (Å²) < 4.78 is 0. The van der Waals surface area contributed by atoms with E-state index in [0.29, 0.717) is 18.3 Å². The summed E-state index contributed by atoms with van der Waals surface area (Å²) in [6.07, 6.45) is 1.83. The van der Waals surface area contributed by atoms with Gasteiger partial charge in [0.2, 0.25) is 5.91 Å². The molecule has 0 spiro atoms. The number of carbonyl (C=O) groups is 1. The number of nitrogens with one attached hydrogen (secondary N) is 2. The highest BCUT2D eigenvalue weighted by Crippen LogP contribution is 2.09. The van der Waals surface area contributed by atoms with Crippen LogP contribution in [0.1, 0.15) is 47.5 Å². The van der Waals surface area contributed by atoms with Crippen molar-refractivity contribution < 1.29 is 4.79 Å². The highest BCUT2D eigenvalue weighted by atomic mass is 16.1. The van der Waals surface area contributed by atoms with Crippen molar-refractivity contribution >= 4 is 5.91 Å². The lowest BCUT2D eigenvalue weighted by Crippen LogP contribution is -2.31. The summed E-state index contributed by atoms with van der Waals surface area (Å²) in [7, 11) is 0. The maximum absolute atomic E-state index is 11.4. The topological polar surface area (TPSA) is 41.1 Å². The molecule has 0 radical (unpaired) electrons. The van der Waals surface area contributed by atoms with Crippen molar-refractivity contribution in [2.45, 2.75) is 47.5 Å². The van der Waals surface area contributed by atoms with Gasteiger partial charge >= 0.3 is 0 Å². The standard InChI is InChI=1S/C14H30N2O/c1-11(2)8-13(5)10-15-7-6-14(17)16-9-12(3)4/h11-13,15H,6-10H2,1-5H3,(H,16,17). The van der Waals surface area contributed by atoms with Gasteiger partial charge in [-0.15, -0.1) is 0 Å². The van der Waals surface area contributed by atoms with Crippen LogP contribution in [-0.4, -0.2) is 25.5 Å². The molecule has 0 fully saturated rings. The third-order valence-corrected chi connectivity index (χ3v) is 2.60. The Morgan fingerprint density at radius 1 is 1.00 bits per heavy atom. The van der Waals surface area contributed by atoms with Gasteiger partial charge in [-0.25, -0.2) is 0 Å². The van der Waals surface area contributed by atoms with E-state index in [1.807, 2.05) is 0 Å². The summed E-state index contributed by atoms with van der Waals surface area (Å²) in [5.74, 6) is 2.12. The molecule has 1 unspecified atom stereocenters. The Morgan fingerprint density at radius 2 is 1.65 bits per heavy atom. The molecule has 0 saturated carbocycles. The quantitative estimate of drug-likeness (QED) is 0.610. The molecule has 2 N–H and O–H groups in total. The van der Waals surface area contributed by atoms with Crippen LogP contribution in [0.4, 0.5) is 0 Å². The second-order valence-electron chi connectivity index (χ2n) is 5.89. The molecule has 0 aromatic heterocycles. The Hall–Kier alpha value is -0.570. The second kappa shape index (κ2) is 9.46. The zero-order valence-corrected chi connectivity index (χ0v) is 12.2. The van der Waals surface area contributed by atoms with Crippen molar-refractivity contribution in [2.75, 3.05) is 19.6 Å². The molecule has 1 atom stereocenters. The summed E-state index contributed by atoms with van der Waals surface area (Å²) in [4.78, 5) is 11.4. The lowest BCUT2D eigenvalue weighted by atomic mass is 9.99. The van der Waals surface area contributed by atoms with Crippen LogP contribution in [0.2, 0.25) is 0 Å². The normalized spacial score (nSPS) is 13.1. The average molecular weight is 242 g/mol. The van der Waals surface area contributed by atoms with Crippen LogP contribution < -0.4 is 10.6 Å². The molecule has 0 aliphatic rings. The minimum absolute atomic E-state index is 0.155. The fourth-order valence-electron chi connectivity index (χ4n) is 1.84. The molecule has 1 amide bonds. The molecule has 17 heavy (non-hydrogen) atoms. The molecule has 102 valence electrons. The van der Waals surface area contributed by atoms with Crippen LogP contribution in [0.15, 0.2) is 0 Å². The number of hydrogen-bond donors (Lipinski definition) is 2. The van der Waals surface area contributed by atoms with Crippen LogP contribution in [0, 0.1) is 17.8 Å². The van der Waals surface area contributed by atoms with Gasteiger partial charge in [0, 0.05) is 19.5 Å².